The fraction of sp³-hybridized carbons (Fsp3) is 0.611. The van der Waals surface area contributed by atoms with Crippen LogP contribution in [0.1, 0.15) is 31.7 Å². The van der Waals surface area contributed by atoms with Gasteiger partial charge in [0.05, 0.1) is 12.3 Å². The van der Waals surface area contributed by atoms with Gasteiger partial charge in [0.2, 0.25) is 10.0 Å². The van der Waals surface area contributed by atoms with Crippen LogP contribution in [0, 0.1) is 5.92 Å². The summed E-state index contributed by atoms with van der Waals surface area (Å²) in [6, 6.07) is 10.2. The summed E-state index contributed by atoms with van der Waals surface area (Å²) in [4.78, 5) is 4.37. The minimum Gasteiger partial charge on any atom is -0.357 e. The molecule has 6 nitrogen and oxygen atoms in total. The first-order valence-corrected chi connectivity index (χ1v) is 10.8. The van der Waals surface area contributed by atoms with Crippen LogP contribution in [-0.4, -0.2) is 46.3 Å². The van der Waals surface area contributed by atoms with E-state index in [1.807, 2.05) is 25.1 Å². The highest BCUT2D eigenvalue weighted by Crippen LogP contribution is 2.25. The molecule has 3 N–H and O–H groups in total. The van der Waals surface area contributed by atoms with Crippen LogP contribution < -0.4 is 15.4 Å². The highest BCUT2D eigenvalue weighted by Gasteiger charge is 2.19. The van der Waals surface area contributed by atoms with E-state index < -0.39 is 10.0 Å². The van der Waals surface area contributed by atoms with Crippen molar-refractivity contribution in [1.82, 2.24) is 15.4 Å². The van der Waals surface area contributed by atoms with Crippen LogP contribution in [-0.2, 0) is 16.4 Å². The number of sulfonamides is 1. The fourth-order valence-electron chi connectivity index (χ4n) is 2.60. The van der Waals surface area contributed by atoms with Crippen molar-refractivity contribution in [2.75, 3.05) is 31.9 Å². The molecule has 0 amide bonds. The zero-order valence-electron chi connectivity index (χ0n) is 15.4. The Labute approximate surface area is 174 Å². The van der Waals surface area contributed by atoms with Crippen LogP contribution >= 0.6 is 24.0 Å². The van der Waals surface area contributed by atoms with Crippen molar-refractivity contribution in [2.24, 2.45) is 10.9 Å². The highest BCUT2D eigenvalue weighted by atomic mass is 127. The van der Waals surface area contributed by atoms with E-state index >= 15 is 0 Å². The standard InChI is InChI=1S/C18H30N4O2S.HI/c1-2-19-18(20-12-11-16-7-4-3-5-8-16)21-13-14-25(23,24)22-15-17-9-6-10-17;/h3-5,7-8,17,22H,2,6,9-15H2,1H3,(H2,19,20,21);1H. The van der Waals surface area contributed by atoms with E-state index in [4.69, 9.17) is 0 Å². The maximum atomic E-state index is 12.0. The number of guanidine groups is 1. The smallest absolute Gasteiger partial charge is 0.213 e. The Bertz CT molecular complexity index is 634. The van der Waals surface area contributed by atoms with Gasteiger partial charge in [-0.15, -0.1) is 24.0 Å². The third-order valence-corrected chi connectivity index (χ3v) is 5.67. The Morgan fingerprint density at radius 3 is 2.54 bits per heavy atom. The van der Waals surface area contributed by atoms with Gasteiger partial charge in [-0.05, 0) is 37.7 Å². The molecule has 0 heterocycles. The molecule has 1 aromatic rings. The van der Waals surface area contributed by atoms with Gasteiger partial charge in [0.25, 0.3) is 0 Å². The van der Waals surface area contributed by atoms with E-state index in [2.05, 4.69) is 32.5 Å². The van der Waals surface area contributed by atoms with Crippen LogP contribution in [0.15, 0.2) is 35.3 Å². The molecule has 8 heteroatoms. The first-order chi connectivity index (χ1) is 12.1. The first kappa shape index (κ1) is 23.2. The van der Waals surface area contributed by atoms with Gasteiger partial charge >= 0.3 is 0 Å². The Morgan fingerprint density at radius 2 is 1.92 bits per heavy atom. The summed E-state index contributed by atoms with van der Waals surface area (Å²) in [5, 5.41) is 6.39. The molecule has 1 aliphatic carbocycles. The number of aliphatic imine (C=N–C) groups is 1. The molecule has 0 aromatic heterocycles. The largest absolute Gasteiger partial charge is 0.357 e. The van der Waals surface area contributed by atoms with Gasteiger partial charge in [0.1, 0.15) is 0 Å². The average Bonchev–Trinajstić information content (AvgIpc) is 2.54. The molecule has 0 aliphatic heterocycles. The molecule has 0 unspecified atom stereocenters. The number of halogens is 1. The second kappa shape index (κ2) is 12.5. The topological polar surface area (TPSA) is 82.6 Å². The van der Waals surface area contributed by atoms with E-state index in [9.17, 15) is 8.42 Å². The van der Waals surface area contributed by atoms with Crippen LogP contribution in [0.2, 0.25) is 0 Å². The summed E-state index contributed by atoms with van der Waals surface area (Å²) >= 11 is 0. The molecule has 0 saturated heterocycles. The van der Waals surface area contributed by atoms with Crippen LogP contribution in [0.25, 0.3) is 0 Å². The molecule has 1 aromatic carbocycles. The average molecular weight is 494 g/mol. The van der Waals surface area contributed by atoms with Crippen molar-refractivity contribution in [3.05, 3.63) is 35.9 Å². The third kappa shape index (κ3) is 9.18. The van der Waals surface area contributed by atoms with Gasteiger partial charge in [-0.1, -0.05) is 36.8 Å². The van der Waals surface area contributed by atoms with Gasteiger partial charge < -0.3 is 10.6 Å². The molecule has 1 fully saturated rings. The fourth-order valence-corrected chi connectivity index (χ4v) is 3.57. The molecule has 0 bridgehead atoms. The van der Waals surface area contributed by atoms with Crippen molar-refractivity contribution in [3.63, 3.8) is 0 Å². The maximum Gasteiger partial charge on any atom is 0.213 e. The molecule has 0 atom stereocenters. The van der Waals surface area contributed by atoms with Crippen molar-refractivity contribution < 1.29 is 8.42 Å². The number of hydrogen-bond donors (Lipinski definition) is 3. The van der Waals surface area contributed by atoms with Crippen molar-refractivity contribution in [1.29, 1.82) is 0 Å². The third-order valence-electron chi connectivity index (χ3n) is 4.34. The van der Waals surface area contributed by atoms with Gasteiger partial charge in [-0.25, -0.2) is 13.1 Å². The van der Waals surface area contributed by atoms with Gasteiger partial charge in [-0.2, -0.15) is 0 Å². The molecule has 1 saturated carbocycles. The summed E-state index contributed by atoms with van der Waals surface area (Å²) < 4.78 is 26.7. The molecule has 26 heavy (non-hydrogen) atoms. The lowest BCUT2D eigenvalue weighted by atomic mass is 9.86. The Morgan fingerprint density at radius 1 is 1.19 bits per heavy atom. The number of nitrogens with one attached hydrogen (secondary N) is 3. The number of benzene rings is 1. The minimum absolute atomic E-state index is 0. The second-order valence-corrected chi connectivity index (χ2v) is 8.31. The zero-order valence-corrected chi connectivity index (χ0v) is 18.6. The summed E-state index contributed by atoms with van der Waals surface area (Å²) in [7, 11) is -3.24. The molecular formula is C18H31IN4O2S. The molecule has 148 valence electrons. The summed E-state index contributed by atoms with van der Waals surface area (Å²) in [5.74, 6) is 1.21. The van der Waals surface area contributed by atoms with Crippen molar-refractivity contribution in [3.8, 4) is 0 Å². The Balaban J connectivity index is 0.00000338. The lowest BCUT2D eigenvalue weighted by Gasteiger charge is -2.25. The predicted octanol–water partition coefficient (Wildman–Crippen LogP) is 2.12. The van der Waals surface area contributed by atoms with E-state index in [-0.39, 0.29) is 36.3 Å². The maximum absolute atomic E-state index is 12.0. The summed E-state index contributed by atoms with van der Waals surface area (Å²) in [6.07, 6.45) is 4.39. The number of rotatable bonds is 10. The number of hydrogen-bond acceptors (Lipinski definition) is 3. The lowest BCUT2D eigenvalue weighted by Crippen LogP contribution is -2.39. The molecular weight excluding hydrogens is 463 g/mol. The predicted molar refractivity (Wildman–Crippen MR) is 119 cm³/mol. The number of nitrogens with zero attached hydrogens (tertiary/aromatic N) is 1. The van der Waals surface area contributed by atoms with Crippen molar-refractivity contribution in [2.45, 2.75) is 32.6 Å². The van der Waals surface area contributed by atoms with E-state index in [0.717, 1.165) is 32.4 Å². The highest BCUT2D eigenvalue weighted by molar-refractivity contribution is 14.0. The summed E-state index contributed by atoms with van der Waals surface area (Å²) in [6.45, 7) is 4.31. The molecule has 1 aliphatic rings. The minimum atomic E-state index is -3.24. The van der Waals surface area contributed by atoms with Gasteiger partial charge in [0.15, 0.2) is 5.96 Å². The van der Waals surface area contributed by atoms with Gasteiger partial charge in [-0.3, -0.25) is 4.99 Å². The normalized spacial score (nSPS) is 15.0. The first-order valence-electron chi connectivity index (χ1n) is 9.12. The van der Waals surface area contributed by atoms with E-state index in [0.29, 0.717) is 18.4 Å². The van der Waals surface area contributed by atoms with Crippen LogP contribution in [0.5, 0.6) is 0 Å². The van der Waals surface area contributed by atoms with E-state index in [1.54, 1.807) is 0 Å². The zero-order chi connectivity index (χ0) is 18.0. The Hall–Kier alpha value is -0.870. The van der Waals surface area contributed by atoms with E-state index in [1.165, 1.54) is 12.0 Å². The van der Waals surface area contributed by atoms with Crippen LogP contribution in [0.3, 0.4) is 0 Å². The molecule has 0 spiro atoms. The molecule has 0 radical (unpaired) electrons. The van der Waals surface area contributed by atoms with Gasteiger partial charge in [0, 0.05) is 19.6 Å². The van der Waals surface area contributed by atoms with Crippen molar-refractivity contribution >= 4 is 40.0 Å². The Kier molecular flexibility index (Phi) is 11.1. The SMILES string of the molecule is CCNC(=NCCS(=O)(=O)NCC1CCC1)NCCc1ccccc1.I. The quantitative estimate of drug-likeness (QED) is 0.265. The molecule has 2 rings (SSSR count). The van der Waals surface area contributed by atoms with Crippen LogP contribution in [0.4, 0.5) is 0 Å². The monoisotopic (exact) mass is 494 g/mol. The summed E-state index contributed by atoms with van der Waals surface area (Å²) in [5.41, 5.74) is 1.26. The second-order valence-electron chi connectivity index (χ2n) is 6.39. The lowest BCUT2D eigenvalue weighted by molar-refractivity contribution is 0.316.